The number of aromatic nitrogens is 4. The fourth-order valence-corrected chi connectivity index (χ4v) is 4.44. The molecule has 33 heavy (non-hydrogen) atoms. The number of aromatic amines is 1. The fraction of sp³-hybridized carbons (Fsp3) is 0.120. The first-order chi connectivity index (χ1) is 16.0. The van der Waals surface area contributed by atoms with Gasteiger partial charge in [0.25, 0.3) is 0 Å². The van der Waals surface area contributed by atoms with E-state index in [0.717, 1.165) is 56.4 Å². The molecule has 0 atom stereocenters. The zero-order chi connectivity index (χ0) is 22.9. The van der Waals surface area contributed by atoms with Crippen molar-refractivity contribution in [1.82, 2.24) is 20.3 Å². The van der Waals surface area contributed by atoms with Crippen molar-refractivity contribution in [3.8, 4) is 33.6 Å². The highest BCUT2D eigenvalue weighted by atomic mass is 32.2. The second kappa shape index (κ2) is 8.55. The monoisotopic (exact) mass is 456 g/mol. The Kier molecular flexibility index (Phi) is 5.43. The number of aryl methyl sites for hydroxylation is 2. The van der Waals surface area contributed by atoms with Crippen LogP contribution in [0.4, 0.5) is 0 Å². The number of rotatable bonds is 6. The maximum atomic E-state index is 10.9. The Bertz CT molecular complexity index is 1470. The van der Waals surface area contributed by atoms with Crippen molar-refractivity contribution >= 4 is 28.5 Å². The van der Waals surface area contributed by atoms with Gasteiger partial charge >= 0.3 is 5.97 Å². The van der Waals surface area contributed by atoms with E-state index >= 15 is 0 Å². The van der Waals surface area contributed by atoms with Gasteiger partial charge in [0.2, 0.25) is 0 Å². The zero-order valence-corrected chi connectivity index (χ0v) is 18.8. The number of H-pyrrole nitrogens is 1. The Morgan fingerprint density at radius 3 is 2.45 bits per heavy atom. The molecule has 0 bridgehead atoms. The third-order valence-electron chi connectivity index (χ3n) is 5.41. The normalized spacial score (nSPS) is 11.2. The van der Waals surface area contributed by atoms with E-state index < -0.39 is 5.97 Å². The summed E-state index contributed by atoms with van der Waals surface area (Å²) in [5, 5.41) is 24.2. The molecule has 2 heterocycles. The molecule has 0 spiro atoms. The third kappa shape index (κ3) is 4.25. The number of hydrogen-bond donors (Lipinski definition) is 2. The van der Waals surface area contributed by atoms with Crippen molar-refractivity contribution in [2.75, 3.05) is 5.75 Å². The molecule has 7 nitrogen and oxygen atoms in total. The molecule has 5 aromatic rings. The van der Waals surface area contributed by atoms with Gasteiger partial charge in [-0.25, -0.2) is 0 Å². The Balaban J connectivity index is 1.64. The highest BCUT2D eigenvalue weighted by Crippen LogP contribution is 2.35. The minimum Gasteiger partial charge on any atom is -0.481 e. The average Bonchev–Trinajstić information content (AvgIpc) is 3.43. The number of carbonyl (C=O) groups is 1. The molecule has 0 saturated carbocycles. The number of benzene rings is 3. The highest BCUT2D eigenvalue weighted by molar-refractivity contribution is 7.99. The van der Waals surface area contributed by atoms with Crippen molar-refractivity contribution in [2.24, 2.45) is 0 Å². The minimum absolute atomic E-state index is 0.0872. The molecule has 5 rings (SSSR count). The summed E-state index contributed by atoms with van der Waals surface area (Å²) in [6.45, 7) is 3.82. The van der Waals surface area contributed by atoms with E-state index in [2.05, 4.69) is 62.8 Å². The molecule has 0 aliphatic rings. The summed E-state index contributed by atoms with van der Waals surface area (Å²) in [6.07, 6.45) is 0. The van der Waals surface area contributed by atoms with Crippen molar-refractivity contribution < 1.29 is 14.4 Å². The molecule has 0 radical (unpaired) electrons. The fourth-order valence-electron chi connectivity index (χ4n) is 3.91. The van der Waals surface area contributed by atoms with Gasteiger partial charge in [0.15, 0.2) is 11.0 Å². The predicted molar refractivity (Wildman–Crippen MR) is 128 cm³/mol. The summed E-state index contributed by atoms with van der Waals surface area (Å²) in [5.41, 5.74) is 5.64. The molecule has 2 aromatic heterocycles. The number of carboxylic acid groups (broad SMARTS) is 1. The summed E-state index contributed by atoms with van der Waals surface area (Å²) in [4.78, 5) is 14.0. The van der Waals surface area contributed by atoms with E-state index in [4.69, 9.17) is 9.63 Å². The Labute approximate surface area is 193 Å². The summed E-state index contributed by atoms with van der Waals surface area (Å²) < 4.78 is 5.41. The molecule has 3 aromatic carbocycles. The Hall–Kier alpha value is -3.91. The first-order valence-corrected chi connectivity index (χ1v) is 11.3. The molecule has 8 heteroatoms. The van der Waals surface area contributed by atoms with Gasteiger partial charge in [0.05, 0.1) is 11.4 Å². The molecular weight excluding hydrogens is 436 g/mol. The maximum Gasteiger partial charge on any atom is 0.313 e. The summed E-state index contributed by atoms with van der Waals surface area (Å²) in [5.74, 6) is 0.315. The SMILES string of the molecule is Cc1noc(C)c1-c1cc(-c2ccc3ccccc3c2)cc(-c2nnc(SCC(=O)O)[nH]2)c1. The van der Waals surface area contributed by atoms with Crippen LogP contribution in [0.15, 0.2) is 70.3 Å². The standard InChI is InChI=1S/C25H20N4O3S/c1-14-23(15(2)32-29-14)20-10-19(18-8-7-16-5-3-4-6-17(16)9-18)11-21(12-20)24-26-25(28-27-24)33-13-22(30)31/h3-12H,13H2,1-2H3,(H,30,31)(H,26,27,28). The van der Waals surface area contributed by atoms with Gasteiger partial charge in [-0.15, -0.1) is 10.2 Å². The molecule has 0 amide bonds. The molecular formula is C25H20N4O3S. The van der Waals surface area contributed by atoms with Gasteiger partial charge in [-0.1, -0.05) is 53.3 Å². The first kappa shape index (κ1) is 21.0. The molecule has 164 valence electrons. The summed E-state index contributed by atoms with van der Waals surface area (Å²) in [6, 6.07) is 20.8. The lowest BCUT2D eigenvalue weighted by molar-refractivity contribution is -0.133. The third-order valence-corrected chi connectivity index (χ3v) is 6.26. The van der Waals surface area contributed by atoms with E-state index in [1.165, 1.54) is 5.39 Å². The first-order valence-electron chi connectivity index (χ1n) is 10.3. The smallest absolute Gasteiger partial charge is 0.313 e. The van der Waals surface area contributed by atoms with Crippen LogP contribution in [-0.2, 0) is 4.79 Å². The van der Waals surface area contributed by atoms with Gasteiger partial charge < -0.3 is 14.6 Å². The van der Waals surface area contributed by atoms with E-state index in [0.29, 0.717) is 11.0 Å². The van der Waals surface area contributed by atoms with Crippen LogP contribution < -0.4 is 0 Å². The topological polar surface area (TPSA) is 105 Å². The van der Waals surface area contributed by atoms with Gasteiger partial charge in [-0.05, 0) is 65.6 Å². The quantitative estimate of drug-likeness (QED) is 0.314. The van der Waals surface area contributed by atoms with Gasteiger partial charge in [0.1, 0.15) is 5.76 Å². The van der Waals surface area contributed by atoms with E-state index in [1.54, 1.807) is 0 Å². The molecule has 0 saturated heterocycles. The largest absolute Gasteiger partial charge is 0.481 e. The zero-order valence-electron chi connectivity index (χ0n) is 18.0. The van der Waals surface area contributed by atoms with Gasteiger partial charge in [-0.2, -0.15) is 0 Å². The van der Waals surface area contributed by atoms with Crippen LogP contribution in [0.1, 0.15) is 11.5 Å². The molecule has 0 fully saturated rings. The van der Waals surface area contributed by atoms with Crippen LogP contribution in [0.5, 0.6) is 0 Å². The number of aliphatic carboxylic acids is 1. The number of nitrogens with zero attached hydrogens (tertiary/aromatic N) is 3. The highest BCUT2D eigenvalue weighted by Gasteiger charge is 2.16. The molecule has 0 unspecified atom stereocenters. The van der Waals surface area contributed by atoms with Crippen molar-refractivity contribution in [1.29, 1.82) is 0 Å². The molecule has 0 aliphatic heterocycles. The van der Waals surface area contributed by atoms with E-state index in [-0.39, 0.29) is 5.75 Å². The number of hydrogen-bond acceptors (Lipinski definition) is 6. The second-order valence-corrected chi connectivity index (χ2v) is 8.69. The second-order valence-electron chi connectivity index (χ2n) is 7.72. The van der Waals surface area contributed by atoms with Crippen LogP contribution in [0, 0.1) is 13.8 Å². The lowest BCUT2D eigenvalue weighted by atomic mass is 9.94. The Morgan fingerprint density at radius 2 is 1.70 bits per heavy atom. The van der Waals surface area contributed by atoms with Gasteiger partial charge in [0, 0.05) is 11.1 Å². The lowest BCUT2D eigenvalue weighted by Gasteiger charge is -2.10. The van der Waals surface area contributed by atoms with Crippen molar-refractivity contribution in [3.63, 3.8) is 0 Å². The predicted octanol–water partition coefficient (Wildman–Crippen LogP) is 5.74. The van der Waals surface area contributed by atoms with E-state index in [1.807, 2.05) is 32.0 Å². The summed E-state index contributed by atoms with van der Waals surface area (Å²) >= 11 is 1.10. The molecule has 2 N–H and O–H groups in total. The van der Waals surface area contributed by atoms with Crippen LogP contribution in [0.3, 0.4) is 0 Å². The number of thioether (sulfide) groups is 1. The van der Waals surface area contributed by atoms with E-state index in [9.17, 15) is 4.79 Å². The molecule has 0 aliphatic carbocycles. The minimum atomic E-state index is -0.906. The van der Waals surface area contributed by atoms with Crippen LogP contribution in [0.2, 0.25) is 0 Å². The van der Waals surface area contributed by atoms with Crippen molar-refractivity contribution in [2.45, 2.75) is 19.0 Å². The number of nitrogens with one attached hydrogen (secondary N) is 1. The summed E-state index contributed by atoms with van der Waals surface area (Å²) in [7, 11) is 0. The van der Waals surface area contributed by atoms with Crippen LogP contribution >= 0.6 is 11.8 Å². The van der Waals surface area contributed by atoms with Crippen LogP contribution in [-0.4, -0.2) is 37.2 Å². The van der Waals surface area contributed by atoms with Crippen molar-refractivity contribution in [3.05, 3.63) is 72.1 Å². The lowest BCUT2D eigenvalue weighted by Crippen LogP contribution is -1.97. The number of carboxylic acids is 1. The van der Waals surface area contributed by atoms with Crippen LogP contribution in [0.25, 0.3) is 44.4 Å². The maximum absolute atomic E-state index is 10.9. The Morgan fingerprint density at radius 1 is 0.939 bits per heavy atom. The number of fused-ring (bicyclic) bond motifs is 1. The van der Waals surface area contributed by atoms with Gasteiger partial charge in [-0.3, -0.25) is 4.79 Å². The average molecular weight is 457 g/mol.